The SMILES string of the molecule is COC(=O)Cc1c(CCCC(F)(F)C(F)(F)F)n(C(=O)OC)c2ccccc12. The van der Waals surface area contributed by atoms with Gasteiger partial charge in [-0.05, 0) is 24.5 Å². The molecule has 0 saturated heterocycles. The third-order valence-electron chi connectivity index (χ3n) is 4.31. The summed E-state index contributed by atoms with van der Waals surface area (Å²) in [6.45, 7) is 0. The highest BCUT2D eigenvalue weighted by molar-refractivity contribution is 5.95. The molecule has 10 heteroatoms. The van der Waals surface area contributed by atoms with Gasteiger partial charge in [0, 0.05) is 17.5 Å². The van der Waals surface area contributed by atoms with Crippen molar-refractivity contribution in [3.05, 3.63) is 35.5 Å². The van der Waals surface area contributed by atoms with E-state index in [0.29, 0.717) is 16.5 Å². The Morgan fingerprint density at radius 2 is 1.68 bits per heavy atom. The van der Waals surface area contributed by atoms with Crippen LogP contribution < -0.4 is 0 Å². The standard InChI is InChI=1S/C18H18F5NO4/c1-27-15(25)10-12-11-6-3-4-7-13(11)24(16(26)28-2)14(12)8-5-9-17(19,20)18(21,22)23/h3-4,6-7H,5,8-10H2,1-2H3. The van der Waals surface area contributed by atoms with E-state index >= 15 is 0 Å². The second kappa shape index (κ2) is 8.15. The Morgan fingerprint density at radius 3 is 2.25 bits per heavy atom. The van der Waals surface area contributed by atoms with Crippen LogP contribution in [-0.2, 0) is 27.1 Å². The smallest absolute Gasteiger partial charge is 0.453 e. The van der Waals surface area contributed by atoms with E-state index in [9.17, 15) is 31.5 Å². The third kappa shape index (κ3) is 4.26. The van der Waals surface area contributed by atoms with Crippen LogP contribution >= 0.6 is 0 Å². The molecule has 1 aromatic heterocycles. The molecule has 0 bridgehead atoms. The van der Waals surface area contributed by atoms with Crippen LogP contribution in [0.5, 0.6) is 0 Å². The van der Waals surface area contributed by atoms with Crippen LogP contribution in [0.25, 0.3) is 10.9 Å². The largest absolute Gasteiger partial charge is 0.469 e. The predicted molar refractivity (Wildman–Crippen MR) is 89.4 cm³/mol. The number of aromatic nitrogens is 1. The maximum absolute atomic E-state index is 13.2. The van der Waals surface area contributed by atoms with E-state index in [-0.39, 0.29) is 18.5 Å². The van der Waals surface area contributed by atoms with Gasteiger partial charge in [-0.2, -0.15) is 22.0 Å². The molecule has 0 fully saturated rings. The molecular weight excluding hydrogens is 389 g/mol. The first-order valence-electron chi connectivity index (χ1n) is 8.24. The zero-order chi connectivity index (χ0) is 21.1. The number of benzene rings is 1. The Balaban J connectivity index is 2.48. The van der Waals surface area contributed by atoms with Gasteiger partial charge < -0.3 is 9.47 Å². The first kappa shape index (κ1) is 21.6. The molecule has 0 saturated carbocycles. The van der Waals surface area contributed by atoms with Gasteiger partial charge in [0.15, 0.2) is 0 Å². The Kier molecular flexibility index (Phi) is 6.30. The van der Waals surface area contributed by atoms with Crippen LogP contribution in [0.2, 0.25) is 0 Å². The molecule has 2 rings (SSSR count). The van der Waals surface area contributed by atoms with Crippen molar-refractivity contribution in [3.8, 4) is 0 Å². The summed E-state index contributed by atoms with van der Waals surface area (Å²) in [5, 5.41) is 0.482. The van der Waals surface area contributed by atoms with Gasteiger partial charge >= 0.3 is 24.2 Å². The number of esters is 1. The normalized spacial score (nSPS) is 12.2. The molecule has 154 valence electrons. The van der Waals surface area contributed by atoms with E-state index in [1.165, 1.54) is 0 Å². The molecule has 0 radical (unpaired) electrons. The van der Waals surface area contributed by atoms with Crippen molar-refractivity contribution in [2.24, 2.45) is 0 Å². The summed E-state index contributed by atoms with van der Waals surface area (Å²) < 4.78 is 74.1. The number of hydrogen-bond donors (Lipinski definition) is 0. The topological polar surface area (TPSA) is 57.5 Å². The zero-order valence-corrected chi connectivity index (χ0v) is 15.1. The number of rotatable bonds is 6. The molecule has 0 aliphatic carbocycles. The van der Waals surface area contributed by atoms with Gasteiger partial charge in [-0.15, -0.1) is 0 Å². The van der Waals surface area contributed by atoms with Crippen molar-refractivity contribution in [1.82, 2.24) is 4.57 Å². The highest BCUT2D eigenvalue weighted by Crippen LogP contribution is 2.39. The van der Waals surface area contributed by atoms with E-state index in [1.807, 2.05) is 0 Å². The Labute approximate surface area is 157 Å². The first-order chi connectivity index (χ1) is 13.0. The quantitative estimate of drug-likeness (QED) is 0.523. The molecule has 0 N–H and O–H groups in total. The average Bonchev–Trinajstić information content (AvgIpc) is 2.93. The molecule has 0 unspecified atom stereocenters. The van der Waals surface area contributed by atoms with Gasteiger partial charge in [-0.1, -0.05) is 18.2 Å². The summed E-state index contributed by atoms with van der Waals surface area (Å²) >= 11 is 0. The fourth-order valence-electron chi connectivity index (χ4n) is 2.96. The van der Waals surface area contributed by atoms with Crippen LogP contribution in [0.15, 0.2) is 24.3 Å². The van der Waals surface area contributed by atoms with Gasteiger partial charge in [0.25, 0.3) is 0 Å². The second-order valence-electron chi connectivity index (χ2n) is 6.06. The van der Waals surface area contributed by atoms with E-state index < -0.39 is 37.0 Å². The van der Waals surface area contributed by atoms with Gasteiger partial charge in [-0.3, -0.25) is 4.79 Å². The maximum Gasteiger partial charge on any atom is 0.453 e. The molecule has 0 spiro atoms. The lowest BCUT2D eigenvalue weighted by Crippen LogP contribution is -2.36. The van der Waals surface area contributed by atoms with Gasteiger partial charge in [0.2, 0.25) is 0 Å². The number of carbonyl (C=O) groups is 2. The molecule has 28 heavy (non-hydrogen) atoms. The Hall–Kier alpha value is -2.65. The highest BCUT2D eigenvalue weighted by atomic mass is 19.4. The minimum Gasteiger partial charge on any atom is -0.469 e. The second-order valence-corrected chi connectivity index (χ2v) is 6.06. The molecule has 0 aliphatic rings. The van der Waals surface area contributed by atoms with Gasteiger partial charge in [0.05, 0.1) is 26.2 Å². The summed E-state index contributed by atoms with van der Waals surface area (Å²) in [5.41, 5.74) is 0.811. The fraction of sp³-hybridized carbons (Fsp3) is 0.444. The third-order valence-corrected chi connectivity index (χ3v) is 4.31. The van der Waals surface area contributed by atoms with Crippen molar-refractivity contribution in [3.63, 3.8) is 0 Å². The van der Waals surface area contributed by atoms with Gasteiger partial charge in [0.1, 0.15) is 0 Å². The molecular formula is C18H18F5NO4. The molecule has 0 atom stereocenters. The molecule has 2 aromatic rings. The highest BCUT2D eigenvalue weighted by Gasteiger charge is 2.56. The summed E-state index contributed by atoms with van der Waals surface area (Å²) in [7, 11) is 2.27. The number of nitrogens with zero attached hydrogens (tertiary/aromatic N) is 1. The summed E-state index contributed by atoms with van der Waals surface area (Å²) in [6, 6.07) is 6.43. The number of hydrogen-bond acceptors (Lipinski definition) is 4. The molecule has 1 aromatic carbocycles. The zero-order valence-electron chi connectivity index (χ0n) is 15.1. The number of halogens is 5. The van der Waals surface area contributed by atoms with Crippen molar-refractivity contribution in [1.29, 1.82) is 0 Å². The van der Waals surface area contributed by atoms with Crippen LogP contribution in [0.3, 0.4) is 0 Å². The summed E-state index contributed by atoms with van der Waals surface area (Å²) in [6.07, 6.45) is -9.07. The minimum absolute atomic E-state index is 0.136. The lowest BCUT2D eigenvalue weighted by atomic mass is 10.0. The van der Waals surface area contributed by atoms with Crippen LogP contribution in [0.1, 0.15) is 24.1 Å². The predicted octanol–water partition coefficient (Wildman–Crippen LogP) is 4.49. The molecule has 0 amide bonds. The first-order valence-corrected chi connectivity index (χ1v) is 8.24. The van der Waals surface area contributed by atoms with Crippen LogP contribution in [-0.4, -0.2) is 42.9 Å². The molecule has 0 aliphatic heterocycles. The number of carbonyl (C=O) groups excluding carboxylic acids is 2. The van der Waals surface area contributed by atoms with E-state index in [4.69, 9.17) is 4.74 Å². The van der Waals surface area contributed by atoms with Crippen molar-refractivity contribution in [2.45, 2.75) is 37.8 Å². The summed E-state index contributed by atoms with van der Waals surface area (Å²) in [4.78, 5) is 24.0. The fourth-order valence-corrected chi connectivity index (χ4v) is 2.96. The van der Waals surface area contributed by atoms with Crippen LogP contribution in [0, 0.1) is 0 Å². The monoisotopic (exact) mass is 407 g/mol. The van der Waals surface area contributed by atoms with E-state index in [2.05, 4.69) is 4.74 Å². The lowest BCUT2D eigenvalue weighted by molar-refractivity contribution is -0.284. The minimum atomic E-state index is -5.66. The van der Waals surface area contributed by atoms with Crippen LogP contribution in [0.4, 0.5) is 26.7 Å². The van der Waals surface area contributed by atoms with E-state index in [1.54, 1.807) is 24.3 Å². The van der Waals surface area contributed by atoms with Crippen molar-refractivity contribution in [2.75, 3.05) is 14.2 Å². The summed E-state index contributed by atoms with van der Waals surface area (Å²) in [5.74, 6) is -5.49. The number of alkyl halides is 5. The molecule has 5 nitrogen and oxygen atoms in total. The Morgan fingerprint density at radius 1 is 1.04 bits per heavy atom. The maximum atomic E-state index is 13.2. The van der Waals surface area contributed by atoms with E-state index in [0.717, 1.165) is 18.8 Å². The van der Waals surface area contributed by atoms with Gasteiger partial charge in [-0.25, -0.2) is 9.36 Å². The number of ether oxygens (including phenoxy) is 2. The lowest BCUT2D eigenvalue weighted by Gasteiger charge is -2.19. The van der Waals surface area contributed by atoms with Crippen molar-refractivity contribution < 1.29 is 41.0 Å². The Bertz CT molecular complexity index is 873. The number of methoxy groups -OCH3 is 2. The van der Waals surface area contributed by atoms with Crippen molar-refractivity contribution >= 4 is 23.0 Å². The number of para-hydroxylation sites is 1. The average molecular weight is 407 g/mol. The molecule has 1 heterocycles. The number of fused-ring (bicyclic) bond motifs is 1.